The van der Waals surface area contributed by atoms with E-state index in [1.807, 2.05) is 0 Å². The predicted octanol–water partition coefficient (Wildman–Crippen LogP) is 1.25. The van der Waals surface area contributed by atoms with Gasteiger partial charge in [-0.3, -0.25) is 0 Å². The number of hydrogen-bond donors (Lipinski definition) is 0. The van der Waals surface area contributed by atoms with Gasteiger partial charge in [0.2, 0.25) is 0 Å². The number of rotatable bonds is 0. The van der Waals surface area contributed by atoms with Crippen LogP contribution in [0, 0.1) is 18.3 Å². The summed E-state index contributed by atoms with van der Waals surface area (Å²) in [7, 11) is -18.0. The number of nitrogens with zero attached hydrogens (tertiary/aromatic N) is 1. The van der Waals surface area contributed by atoms with Crippen molar-refractivity contribution in [2.75, 3.05) is 0 Å². The standard InChI is InChI=1S/C2H2N.3BF4.Li/c1-2-3;3*2-1(3,4)5;/h1H2;;;;/q4*-1;+1. The molecule has 0 aromatic rings. The second-order valence-electron chi connectivity index (χ2n) is 1.64. The predicted molar refractivity (Wildman–Crippen MR) is 41.5 cm³/mol. The molecule has 0 atom stereocenters. The van der Waals surface area contributed by atoms with E-state index in [1.54, 1.807) is 0 Å². The van der Waals surface area contributed by atoms with Gasteiger partial charge in [-0.1, -0.05) is 0 Å². The van der Waals surface area contributed by atoms with Crippen molar-refractivity contribution < 1.29 is 70.6 Å². The van der Waals surface area contributed by atoms with Crippen molar-refractivity contribution in [1.82, 2.24) is 0 Å². The summed E-state index contributed by atoms with van der Waals surface area (Å²) in [4.78, 5) is 0. The molecule has 0 aromatic heterocycles. The summed E-state index contributed by atoms with van der Waals surface area (Å²) < 4.78 is 117. The van der Waals surface area contributed by atoms with Gasteiger partial charge < -0.3 is 58.7 Å². The van der Waals surface area contributed by atoms with Gasteiger partial charge in [-0.05, 0) is 0 Å². The molecule has 0 bridgehead atoms. The number of nitriles is 1. The number of hydrogen-bond acceptors (Lipinski definition) is 1. The van der Waals surface area contributed by atoms with Crippen molar-refractivity contribution in [3.05, 3.63) is 6.92 Å². The summed E-state index contributed by atoms with van der Waals surface area (Å²) in [6.45, 7) is 2.79. The first-order chi connectivity index (χ1) is 7.41. The monoisotopic (exact) mass is 308 g/mol. The van der Waals surface area contributed by atoms with E-state index in [2.05, 4.69) is 6.92 Å². The molecule has 0 aliphatic heterocycles. The molecule has 0 unspecified atom stereocenters. The molecule has 0 aromatic carbocycles. The average molecular weight is 307 g/mol. The largest absolute Gasteiger partial charge is 1.00 e. The molecule has 0 rings (SSSR count). The van der Waals surface area contributed by atoms with E-state index in [9.17, 15) is 51.8 Å². The smallest absolute Gasteiger partial charge is 0.418 e. The summed E-state index contributed by atoms with van der Waals surface area (Å²) >= 11 is 0. The van der Waals surface area contributed by atoms with Crippen LogP contribution in [0.3, 0.4) is 0 Å². The average Bonchev–Trinajstić information content (AvgIpc) is 1.71. The van der Waals surface area contributed by atoms with Crippen molar-refractivity contribution in [3.8, 4) is 6.07 Å². The topological polar surface area (TPSA) is 23.8 Å². The molecule has 19 heavy (non-hydrogen) atoms. The van der Waals surface area contributed by atoms with Gasteiger partial charge in [0.25, 0.3) is 0 Å². The quantitative estimate of drug-likeness (QED) is 0.375. The Bertz CT molecular complexity index is 166. The third kappa shape index (κ3) is 8580. The van der Waals surface area contributed by atoms with Crippen molar-refractivity contribution in [2.24, 2.45) is 0 Å². The SMILES string of the molecule is F[B-](F)(F)F.F[B-](F)(F)F.F[B-](F)(F)F.[CH2-]C#N.[Li+]. The van der Waals surface area contributed by atoms with Crippen LogP contribution in [-0.4, -0.2) is 21.8 Å². The molecule has 112 valence electrons. The first kappa shape index (κ1) is 31.0. The van der Waals surface area contributed by atoms with Gasteiger partial charge in [0, 0.05) is 0 Å². The minimum Gasteiger partial charge on any atom is -0.418 e. The maximum Gasteiger partial charge on any atom is 1.00 e. The fourth-order valence-corrected chi connectivity index (χ4v) is 0. The Morgan fingerprint density at radius 3 is 0.579 bits per heavy atom. The van der Waals surface area contributed by atoms with Crippen molar-refractivity contribution in [1.29, 1.82) is 5.26 Å². The second kappa shape index (κ2) is 13.7. The van der Waals surface area contributed by atoms with Crippen LogP contribution in [0.25, 0.3) is 0 Å². The van der Waals surface area contributed by atoms with E-state index in [0.29, 0.717) is 0 Å². The molecule has 1 nitrogen and oxygen atoms in total. The van der Waals surface area contributed by atoms with Crippen LogP contribution in [-0.2, 0) is 0 Å². The zero-order valence-corrected chi connectivity index (χ0v) is 8.92. The zero-order valence-electron chi connectivity index (χ0n) is 8.92. The fraction of sp³-hybridized carbons (Fsp3) is 0. The van der Waals surface area contributed by atoms with Crippen molar-refractivity contribution >= 4 is 21.8 Å². The molecule has 0 radical (unpaired) electrons. The van der Waals surface area contributed by atoms with Crippen LogP contribution < -0.4 is 18.9 Å². The van der Waals surface area contributed by atoms with Gasteiger partial charge in [0.05, 0.1) is 0 Å². The van der Waals surface area contributed by atoms with E-state index in [4.69, 9.17) is 5.26 Å². The molecule has 0 aliphatic carbocycles. The Morgan fingerprint density at radius 2 is 0.579 bits per heavy atom. The van der Waals surface area contributed by atoms with E-state index in [0.717, 1.165) is 0 Å². The van der Waals surface area contributed by atoms with Crippen LogP contribution in [0.1, 0.15) is 0 Å². The summed E-state index contributed by atoms with van der Waals surface area (Å²) in [6.07, 6.45) is 0. The maximum atomic E-state index is 9.75. The van der Waals surface area contributed by atoms with Gasteiger partial charge in [0.1, 0.15) is 0 Å². The Hall–Kier alpha value is -0.688. The Balaban J connectivity index is -0.0000000458. The summed E-state index contributed by atoms with van der Waals surface area (Å²) in [5.41, 5.74) is 0. The maximum absolute atomic E-state index is 9.75. The third-order valence-corrected chi connectivity index (χ3v) is 0. The van der Waals surface area contributed by atoms with Gasteiger partial charge in [-0.25, -0.2) is 5.26 Å². The van der Waals surface area contributed by atoms with E-state index in [-0.39, 0.29) is 18.9 Å². The summed E-state index contributed by atoms with van der Waals surface area (Å²) in [6, 6.07) is 1.50. The molecule has 0 saturated carbocycles. The van der Waals surface area contributed by atoms with Crippen molar-refractivity contribution in [2.45, 2.75) is 0 Å². The van der Waals surface area contributed by atoms with Gasteiger partial charge >= 0.3 is 40.6 Å². The molecule has 0 aliphatic rings. The van der Waals surface area contributed by atoms with Crippen LogP contribution in [0.15, 0.2) is 0 Å². The molecule has 0 spiro atoms. The Kier molecular flexibility index (Phi) is 22.4. The Labute approximate surface area is 111 Å². The van der Waals surface area contributed by atoms with Gasteiger partial charge in [-0.15, -0.1) is 6.07 Å². The normalized spacial score (nSPS) is 9.84. The molecule has 0 N–H and O–H groups in total. The van der Waals surface area contributed by atoms with Crippen LogP contribution in [0.4, 0.5) is 51.8 Å². The molecular weight excluding hydrogens is 305 g/mol. The summed E-state index contributed by atoms with van der Waals surface area (Å²) in [5.74, 6) is 0. The Morgan fingerprint density at radius 1 is 0.579 bits per heavy atom. The van der Waals surface area contributed by atoms with Crippen LogP contribution in [0.2, 0.25) is 0 Å². The van der Waals surface area contributed by atoms with Gasteiger partial charge in [-0.2, -0.15) is 0 Å². The number of halogens is 12. The van der Waals surface area contributed by atoms with Crippen molar-refractivity contribution in [3.63, 3.8) is 0 Å². The van der Waals surface area contributed by atoms with Crippen LogP contribution >= 0.6 is 0 Å². The van der Waals surface area contributed by atoms with E-state index < -0.39 is 21.8 Å². The summed E-state index contributed by atoms with van der Waals surface area (Å²) in [5, 5.41) is 7.21. The second-order valence-corrected chi connectivity index (χ2v) is 1.64. The first-order valence-electron chi connectivity index (χ1n) is 3.20. The van der Waals surface area contributed by atoms with Gasteiger partial charge in [0.15, 0.2) is 0 Å². The van der Waals surface area contributed by atoms with E-state index in [1.165, 1.54) is 6.07 Å². The molecule has 0 saturated heterocycles. The molecule has 0 amide bonds. The molecule has 0 fully saturated rings. The van der Waals surface area contributed by atoms with Crippen LogP contribution in [0.5, 0.6) is 0 Å². The zero-order chi connectivity index (χ0) is 16.2. The molecule has 17 heteroatoms. The minimum atomic E-state index is -6.00. The minimum absolute atomic E-state index is 0. The van der Waals surface area contributed by atoms with E-state index >= 15 is 0 Å². The molecular formula is C2H2B3F12LiN-3. The first-order valence-corrected chi connectivity index (χ1v) is 3.20. The molecule has 0 heterocycles. The fourth-order valence-electron chi connectivity index (χ4n) is 0. The third-order valence-electron chi connectivity index (χ3n) is 0.